The number of anilines is 1. The van der Waals surface area contributed by atoms with Gasteiger partial charge in [0.1, 0.15) is 11.7 Å². The Morgan fingerprint density at radius 3 is 2.92 bits per heavy atom. The highest BCUT2D eigenvalue weighted by Gasteiger charge is 2.54. The van der Waals surface area contributed by atoms with Crippen LogP contribution in [-0.2, 0) is 24.9 Å². The number of thioether (sulfide) groups is 2. The Morgan fingerprint density at radius 2 is 2.24 bits per heavy atom. The summed E-state index contributed by atoms with van der Waals surface area (Å²) < 4.78 is 8.85. The summed E-state index contributed by atoms with van der Waals surface area (Å²) in [5.74, 6) is -0.564. The third-order valence-electron chi connectivity index (χ3n) is 5.74. The number of β-lactam (4-membered cyclic amide) rings is 1. The smallest absolute Gasteiger partial charge is 0.355 e. The first kappa shape index (κ1) is 27.0. The second kappa shape index (κ2) is 12.0. The quantitative estimate of drug-likeness (QED) is 0.153. The summed E-state index contributed by atoms with van der Waals surface area (Å²) in [5.41, 5.74) is 12.3. The molecule has 0 bridgehead atoms. The summed E-state index contributed by atoms with van der Waals surface area (Å²) in [6.07, 6.45) is 4.42. The van der Waals surface area contributed by atoms with E-state index < -0.39 is 35.9 Å². The minimum absolute atomic E-state index is 0.0860. The van der Waals surface area contributed by atoms with E-state index in [2.05, 4.69) is 24.8 Å². The first-order valence-electron chi connectivity index (χ1n) is 11.1. The molecule has 4 heterocycles. The number of pyridine rings is 1. The maximum Gasteiger partial charge on any atom is 0.355 e. The van der Waals surface area contributed by atoms with E-state index in [4.69, 9.17) is 16.2 Å². The van der Waals surface area contributed by atoms with Crippen molar-refractivity contribution in [3.8, 4) is 0 Å². The first-order chi connectivity index (χ1) is 17.9. The molecule has 0 radical (unpaired) electrons. The molecule has 2 aliphatic rings. The van der Waals surface area contributed by atoms with Crippen LogP contribution in [0.1, 0.15) is 30.3 Å². The Labute approximate surface area is 224 Å². The highest BCUT2D eigenvalue weighted by Crippen LogP contribution is 2.44. The van der Waals surface area contributed by atoms with E-state index in [1.54, 1.807) is 24.2 Å². The molecule has 16 heteroatoms. The van der Waals surface area contributed by atoms with E-state index in [0.29, 0.717) is 30.0 Å². The van der Waals surface area contributed by atoms with Crippen LogP contribution in [0.4, 0.5) is 5.13 Å². The highest BCUT2D eigenvalue weighted by molar-refractivity contribution is 8.03. The van der Waals surface area contributed by atoms with Crippen molar-refractivity contribution in [2.45, 2.75) is 41.6 Å². The van der Waals surface area contributed by atoms with Crippen LogP contribution in [-0.4, -0.2) is 68.5 Å². The number of methoxy groups -OCH3 is 1. The van der Waals surface area contributed by atoms with Crippen LogP contribution in [0, 0.1) is 4.91 Å². The molecule has 5 N–H and O–H groups in total. The largest absolute Gasteiger partial charge is 0.464 e. The molecule has 37 heavy (non-hydrogen) atoms. The van der Waals surface area contributed by atoms with Crippen molar-refractivity contribution < 1.29 is 19.1 Å². The molecule has 2 aromatic rings. The summed E-state index contributed by atoms with van der Waals surface area (Å²) in [6.45, 7) is 0.569. The van der Waals surface area contributed by atoms with E-state index in [9.17, 15) is 19.3 Å². The number of hydrogen-bond donors (Lipinski definition) is 3. The number of nitroso groups, excluding NO2 is 1. The molecule has 2 amide bonds. The van der Waals surface area contributed by atoms with Gasteiger partial charge in [0.25, 0.3) is 11.8 Å². The fraction of sp³-hybridized carbons (Fsp3) is 0.429. The summed E-state index contributed by atoms with van der Waals surface area (Å²) in [6, 6.07) is -1.08. The first-order valence-corrected chi connectivity index (χ1v) is 13.9. The van der Waals surface area contributed by atoms with Gasteiger partial charge in [0, 0.05) is 51.8 Å². The molecule has 3 unspecified atom stereocenters. The number of ether oxygens (including phenoxy) is 1. The van der Waals surface area contributed by atoms with Crippen molar-refractivity contribution in [1.29, 1.82) is 0 Å². The van der Waals surface area contributed by atoms with Gasteiger partial charge < -0.3 is 21.5 Å². The lowest BCUT2D eigenvalue weighted by Crippen LogP contribution is -2.71. The zero-order chi connectivity index (χ0) is 26.5. The van der Waals surface area contributed by atoms with Crippen LogP contribution in [0.25, 0.3) is 0 Å². The Kier molecular flexibility index (Phi) is 8.73. The van der Waals surface area contributed by atoms with Crippen molar-refractivity contribution in [2.24, 2.45) is 10.9 Å². The number of hydrogen-bond acceptors (Lipinski definition) is 14. The zero-order valence-corrected chi connectivity index (χ0v) is 22.1. The monoisotopic (exact) mass is 564 g/mol. The number of carbonyl (C=O) groups excluding carboxylic acids is 3. The van der Waals surface area contributed by atoms with Crippen LogP contribution in [0.15, 0.2) is 39.1 Å². The van der Waals surface area contributed by atoms with Gasteiger partial charge in [-0.15, -0.1) is 4.91 Å². The molecule has 4 rings (SSSR count). The van der Waals surface area contributed by atoms with Crippen molar-refractivity contribution in [1.82, 2.24) is 24.6 Å². The predicted molar refractivity (Wildman–Crippen MR) is 139 cm³/mol. The lowest BCUT2D eigenvalue weighted by Gasteiger charge is -2.50. The number of nitrogens with zero attached hydrogens (tertiary/aromatic N) is 5. The Morgan fingerprint density at radius 1 is 1.43 bits per heavy atom. The van der Waals surface area contributed by atoms with E-state index in [-0.39, 0.29) is 16.7 Å². The number of nitrogens with one attached hydrogen (secondary N) is 1. The molecule has 2 aliphatic heterocycles. The standard InChI is InChI=1S/C21H24N8O5S3/c1-34-20(32)16-13(36-12-4-6-24-8-10(12)9-35-7-5-22)3-2-11-14(19(31)29(11)16)25-18(30)15(27-33)17-26-21(23)37-28-17/h4,6,8,11,14-15H,2-3,5,7,9,22H2,1H3,(H,25,30)(H2,23,26,28). The van der Waals surface area contributed by atoms with Crippen molar-refractivity contribution in [3.05, 3.63) is 45.4 Å². The van der Waals surface area contributed by atoms with Gasteiger partial charge in [0.2, 0.25) is 6.04 Å². The molecule has 1 fully saturated rings. The number of nitrogens with two attached hydrogens (primary N) is 2. The number of nitrogen functional groups attached to an aromatic ring is 1. The molecule has 0 aromatic carbocycles. The van der Waals surface area contributed by atoms with Crippen LogP contribution < -0.4 is 16.8 Å². The molecule has 0 saturated carbocycles. The summed E-state index contributed by atoms with van der Waals surface area (Å²) in [4.78, 5) is 60.9. The third-order valence-corrected chi connectivity index (χ3v) is 8.59. The van der Waals surface area contributed by atoms with Gasteiger partial charge in [-0.05, 0) is 29.6 Å². The molecule has 0 spiro atoms. The second-order valence-corrected chi connectivity index (χ2v) is 11.0. The fourth-order valence-corrected chi connectivity index (χ4v) is 6.50. The molecular weight excluding hydrogens is 540 g/mol. The van der Waals surface area contributed by atoms with Gasteiger partial charge in [-0.2, -0.15) is 16.1 Å². The second-order valence-electron chi connectivity index (χ2n) is 7.99. The molecule has 1 saturated heterocycles. The number of rotatable bonds is 11. The Balaban J connectivity index is 1.53. The number of aromatic nitrogens is 3. The molecule has 3 atom stereocenters. The number of fused-ring (bicyclic) bond motifs is 1. The van der Waals surface area contributed by atoms with Crippen LogP contribution >= 0.6 is 35.1 Å². The number of allylic oxidation sites excluding steroid dienone is 1. The van der Waals surface area contributed by atoms with E-state index in [1.165, 1.54) is 23.8 Å². The van der Waals surface area contributed by atoms with Crippen molar-refractivity contribution >= 4 is 58.0 Å². The van der Waals surface area contributed by atoms with Crippen LogP contribution in [0.3, 0.4) is 0 Å². The minimum atomic E-state index is -1.54. The van der Waals surface area contributed by atoms with E-state index >= 15 is 0 Å². The maximum atomic E-state index is 13.1. The summed E-state index contributed by atoms with van der Waals surface area (Å²) in [7, 11) is 1.25. The van der Waals surface area contributed by atoms with Gasteiger partial charge in [-0.25, -0.2) is 9.78 Å². The van der Waals surface area contributed by atoms with E-state index in [0.717, 1.165) is 27.7 Å². The highest BCUT2D eigenvalue weighted by atomic mass is 32.2. The van der Waals surface area contributed by atoms with E-state index in [1.807, 2.05) is 6.07 Å². The van der Waals surface area contributed by atoms with Crippen molar-refractivity contribution in [2.75, 3.05) is 25.1 Å². The SMILES string of the molecule is COC(=O)C1=C(Sc2ccncc2CSCCN)CCC2C(NC(=O)C(N=O)c3nsc(N)n3)C(=O)N12. The third kappa shape index (κ3) is 5.61. The Bertz CT molecular complexity index is 1240. The number of carbonyl (C=O) groups is 3. The maximum absolute atomic E-state index is 13.1. The minimum Gasteiger partial charge on any atom is -0.464 e. The van der Waals surface area contributed by atoms with Gasteiger partial charge in [-0.1, -0.05) is 11.8 Å². The van der Waals surface area contributed by atoms with Crippen molar-refractivity contribution in [3.63, 3.8) is 0 Å². The lowest BCUT2D eigenvalue weighted by atomic mass is 9.86. The summed E-state index contributed by atoms with van der Waals surface area (Å²) >= 11 is 3.90. The van der Waals surface area contributed by atoms with Crippen LogP contribution in [0.5, 0.6) is 0 Å². The molecule has 13 nitrogen and oxygen atoms in total. The topological polar surface area (TPSA) is 196 Å². The molecular formula is C21H24N8O5S3. The van der Waals surface area contributed by atoms with Gasteiger partial charge in [0.15, 0.2) is 11.0 Å². The fourth-order valence-electron chi connectivity index (χ4n) is 4.04. The van der Waals surface area contributed by atoms with Gasteiger partial charge in [0.05, 0.1) is 13.2 Å². The molecule has 0 aliphatic carbocycles. The normalized spacial score (nSPS) is 19.6. The number of amides is 2. The average Bonchev–Trinajstić information content (AvgIpc) is 3.33. The average molecular weight is 565 g/mol. The van der Waals surface area contributed by atoms with Gasteiger partial charge >= 0.3 is 5.97 Å². The molecule has 2 aromatic heterocycles. The zero-order valence-electron chi connectivity index (χ0n) is 19.7. The molecule has 196 valence electrons. The van der Waals surface area contributed by atoms with Gasteiger partial charge in [-0.3, -0.25) is 19.5 Å². The predicted octanol–water partition coefficient (Wildman–Crippen LogP) is 1.18. The van der Waals surface area contributed by atoms with Crippen LogP contribution in [0.2, 0.25) is 0 Å². The Hall–Kier alpha value is -3.08. The summed E-state index contributed by atoms with van der Waals surface area (Å²) in [5, 5.41) is 5.45. The number of esters is 1. The lowest BCUT2D eigenvalue weighted by molar-refractivity contribution is -0.156.